The van der Waals surface area contributed by atoms with E-state index >= 15 is 0 Å². The van der Waals surface area contributed by atoms with Crippen LogP contribution in [-0.4, -0.2) is 71.8 Å². The van der Waals surface area contributed by atoms with Gasteiger partial charge in [-0.2, -0.15) is 0 Å². The van der Waals surface area contributed by atoms with Crippen molar-refractivity contribution in [3.05, 3.63) is 71.8 Å². The zero-order valence-corrected chi connectivity index (χ0v) is 20.7. The highest BCUT2D eigenvalue weighted by Gasteiger charge is 2.33. The smallest absolute Gasteiger partial charge is 0.161 e. The van der Waals surface area contributed by atoms with Gasteiger partial charge in [-0.15, -0.1) is 0 Å². The van der Waals surface area contributed by atoms with Gasteiger partial charge in [0, 0.05) is 43.6 Å². The zero-order valence-electron chi connectivity index (χ0n) is 19.9. The van der Waals surface area contributed by atoms with Crippen molar-refractivity contribution in [1.29, 1.82) is 0 Å². The summed E-state index contributed by atoms with van der Waals surface area (Å²) in [6, 6.07) is 13.1. The number of hydrogen-bond donors (Lipinski definition) is 1. The summed E-state index contributed by atoms with van der Waals surface area (Å²) in [7, 11) is 1.64. The van der Waals surface area contributed by atoms with Crippen molar-refractivity contribution in [2.75, 3.05) is 46.6 Å². The summed E-state index contributed by atoms with van der Waals surface area (Å²) in [5, 5.41) is 11.8. The maximum absolute atomic E-state index is 11.2. The molecule has 0 spiro atoms. The molecule has 8 nitrogen and oxygen atoms in total. The summed E-state index contributed by atoms with van der Waals surface area (Å²) >= 11 is 6.04. The first kappa shape index (κ1) is 25.3. The molecule has 1 aliphatic heterocycles. The van der Waals surface area contributed by atoms with Gasteiger partial charge < -0.3 is 28.6 Å². The molecule has 1 N–H and O–H groups in total. The fourth-order valence-corrected chi connectivity index (χ4v) is 4.21. The van der Waals surface area contributed by atoms with E-state index in [-0.39, 0.29) is 13.2 Å². The normalized spacial score (nSPS) is 18.7. The fraction of sp³-hybridized carbons (Fsp3) is 0.423. The van der Waals surface area contributed by atoms with Crippen LogP contribution in [0.5, 0.6) is 17.2 Å². The molecule has 1 saturated heterocycles. The van der Waals surface area contributed by atoms with Crippen molar-refractivity contribution < 1.29 is 24.1 Å². The molecule has 188 valence electrons. The Bertz CT molecular complexity index is 1060. The molecular formula is C26H32ClN3O5. The Morgan fingerprint density at radius 2 is 2.09 bits per heavy atom. The molecule has 0 bridgehead atoms. The second-order valence-corrected chi connectivity index (χ2v) is 9.16. The summed E-state index contributed by atoms with van der Waals surface area (Å²) in [4.78, 5) is 6.21. The van der Waals surface area contributed by atoms with E-state index < -0.39 is 5.60 Å². The van der Waals surface area contributed by atoms with Gasteiger partial charge in [0.15, 0.2) is 11.5 Å². The molecule has 9 heteroatoms. The van der Waals surface area contributed by atoms with E-state index in [1.807, 2.05) is 41.1 Å². The highest BCUT2D eigenvalue weighted by atomic mass is 35.5. The summed E-state index contributed by atoms with van der Waals surface area (Å²) in [6.45, 7) is 4.04. The third kappa shape index (κ3) is 7.60. The lowest BCUT2D eigenvalue weighted by Gasteiger charge is -2.30. The molecule has 2 aromatic carbocycles. The van der Waals surface area contributed by atoms with E-state index in [9.17, 15) is 5.11 Å². The molecule has 1 aliphatic rings. The molecule has 0 amide bonds. The number of aliphatic hydroxyl groups is 1. The molecule has 35 heavy (non-hydrogen) atoms. The van der Waals surface area contributed by atoms with Crippen molar-refractivity contribution in [3.8, 4) is 17.2 Å². The maximum Gasteiger partial charge on any atom is 0.161 e. The van der Waals surface area contributed by atoms with Crippen LogP contribution in [0.4, 0.5) is 0 Å². The Labute approximate surface area is 211 Å². The van der Waals surface area contributed by atoms with Crippen LogP contribution in [0.15, 0.2) is 61.2 Å². The van der Waals surface area contributed by atoms with Crippen molar-refractivity contribution in [2.45, 2.75) is 25.1 Å². The molecule has 2 heterocycles. The number of β-amino-alcohol motifs (C(OH)–C–C–N with tert-alkyl or cyclic N) is 1. The summed E-state index contributed by atoms with van der Waals surface area (Å²) < 4.78 is 25.1. The van der Waals surface area contributed by atoms with Crippen molar-refractivity contribution in [3.63, 3.8) is 0 Å². The van der Waals surface area contributed by atoms with Crippen LogP contribution in [0.25, 0.3) is 0 Å². The summed E-state index contributed by atoms with van der Waals surface area (Å²) in [5.41, 5.74) is -0.0751. The molecule has 0 aliphatic carbocycles. The van der Waals surface area contributed by atoms with Crippen LogP contribution >= 0.6 is 11.6 Å². The van der Waals surface area contributed by atoms with E-state index in [4.69, 9.17) is 30.5 Å². The molecule has 1 fully saturated rings. The Hall–Kier alpha value is -2.78. The van der Waals surface area contributed by atoms with Crippen LogP contribution < -0.4 is 14.2 Å². The average Bonchev–Trinajstić information content (AvgIpc) is 3.30. The van der Waals surface area contributed by atoms with E-state index in [1.165, 1.54) is 0 Å². The number of hydrogen-bond acceptors (Lipinski definition) is 7. The van der Waals surface area contributed by atoms with Gasteiger partial charge in [0.2, 0.25) is 0 Å². The Kier molecular flexibility index (Phi) is 8.87. The molecule has 0 saturated carbocycles. The van der Waals surface area contributed by atoms with Gasteiger partial charge in [-0.25, -0.2) is 4.98 Å². The number of aryl methyl sites for hydroxylation is 1. The molecular weight excluding hydrogens is 470 g/mol. The van der Waals surface area contributed by atoms with E-state index in [0.29, 0.717) is 55.1 Å². The fourth-order valence-electron chi connectivity index (χ4n) is 4.03. The summed E-state index contributed by atoms with van der Waals surface area (Å²) in [6.07, 6.45) is 6.37. The van der Waals surface area contributed by atoms with Gasteiger partial charge in [0.05, 0.1) is 33.3 Å². The Morgan fingerprint density at radius 1 is 1.17 bits per heavy atom. The molecule has 0 radical (unpaired) electrons. The second-order valence-electron chi connectivity index (χ2n) is 8.72. The van der Waals surface area contributed by atoms with Crippen LogP contribution in [0.2, 0.25) is 5.02 Å². The number of halogens is 1. The van der Waals surface area contributed by atoms with E-state index in [2.05, 4.69) is 9.88 Å². The van der Waals surface area contributed by atoms with Gasteiger partial charge >= 0.3 is 0 Å². The lowest BCUT2D eigenvalue weighted by atomic mass is 10.1. The number of aromatic nitrogens is 2. The number of benzene rings is 2. The van der Waals surface area contributed by atoms with Crippen molar-refractivity contribution >= 4 is 11.6 Å². The van der Waals surface area contributed by atoms with Crippen molar-refractivity contribution in [2.24, 2.45) is 0 Å². The predicted octanol–water partition coefficient (Wildman–Crippen LogP) is 3.66. The minimum Gasteiger partial charge on any atom is -0.493 e. The lowest BCUT2D eigenvalue weighted by molar-refractivity contribution is -0.0646. The van der Waals surface area contributed by atoms with Gasteiger partial charge in [-0.3, -0.25) is 4.90 Å². The highest BCUT2D eigenvalue weighted by molar-refractivity contribution is 6.30. The minimum absolute atomic E-state index is 0.110. The Balaban J connectivity index is 1.32. The van der Waals surface area contributed by atoms with Crippen LogP contribution in [0.1, 0.15) is 12.0 Å². The van der Waals surface area contributed by atoms with Gasteiger partial charge in [-0.05, 0) is 42.3 Å². The number of ether oxygens (including phenoxy) is 4. The van der Waals surface area contributed by atoms with E-state index in [1.54, 1.807) is 31.8 Å². The third-order valence-electron chi connectivity index (χ3n) is 5.76. The van der Waals surface area contributed by atoms with Gasteiger partial charge in [0.25, 0.3) is 0 Å². The zero-order chi connectivity index (χ0) is 24.5. The predicted molar refractivity (Wildman–Crippen MR) is 133 cm³/mol. The van der Waals surface area contributed by atoms with E-state index in [0.717, 1.165) is 18.5 Å². The molecule has 1 aromatic heterocycles. The lowest BCUT2D eigenvalue weighted by Crippen LogP contribution is -2.48. The second kappa shape index (κ2) is 12.3. The number of nitrogens with zero attached hydrogens (tertiary/aromatic N) is 3. The monoisotopic (exact) mass is 501 g/mol. The first-order chi connectivity index (χ1) is 17.0. The average molecular weight is 502 g/mol. The highest BCUT2D eigenvalue weighted by Crippen LogP contribution is 2.29. The van der Waals surface area contributed by atoms with Crippen LogP contribution in [-0.2, 0) is 17.8 Å². The topological polar surface area (TPSA) is 78.2 Å². The van der Waals surface area contributed by atoms with Gasteiger partial charge in [-0.1, -0.05) is 23.7 Å². The standard InChI is InChI=1S/C26H32ClN3O5/c1-32-25-14-21(6-7-24(25)34-12-3-9-29-10-8-28-20-29)16-30-11-13-33-18-26(31,17-30)19-35-23-5-2-4-22(27)15-23/h2,4-8,10,14-15,20,31H,3,9,11-13,16-19H2,1H3/t26-/m0/s1. The SMILES string of the molecule is COc1cc(CN2CCOC[C@](O)(COc3cccc(Cl)c3)C2)ccc1OCCCn1ccnc1. The maximum atomic E-state index is 11.2. The molecule has 4 rings (SSSR count). The number of imidazole rings is 1. The number of methoxy groups -OCH3 is 1. The first-order valence-electron chi connectivity index (χ1n) is 11.7. The molecule has 1 atom stereocenters. The number of rotatable bonds is 11. The quantitative estimate of drug-likeness (QED) is 0.402. The minimum atomic E-state index is -1.14. The van der Waals surface area contributed by atoms with Gasteiger partial charge in [0.1, 0.15) is 18.0 Å². The van der Waals surface area contributed by atoms with Crippen molar-refractivity contribution in [1.82, 2.24) is 14.5 Å². The molecule has 3 aromatic rings. The summed E-state index contributed by atoms with van der Waals surface area (Å²) in [5.74, 6) is 2.02. The Morgan fingerprint density at radius 3 is 2.89 bits per heavy atom. The molecule has 0 unspecified atom stereocenters. The first-order valence-corrected chi connectivity index (χ1v) is 12.1. The van der Waals surface area contributed by atoms with Crippen LogP contribution in [0.3, 0.4) is 0 Å². The largest absolute Gasteiger partial charge is 0.493 e. The van der Waals surface area contributed by atoms with Crippen LogP contribution in [0, 0.1) is 0 Å². The third-order valence-corrected chi connectivity index (χ3v) is 5.99.